The molecule has 122 valence electrons. The molecule has 0 unspecified atom stereocenters. The second-order valence-electron chi connectivity index (χ2n) is 4.54. The number of hydrogen-bond donors (Lipinski definition) is 2. The molecule has 0 spiro atoms. The first-order valence-corrected chi connectivity index (χ1v) is 6.53. The van der Waals surface area contributed by atoms with E-state index in [1.54, 1.807) is 0 Å². The van der Waals surface area contributed by atoms with Gasteiger partial charge in [0.2, 0.25) is 11.8 Å². The summed E-state index contributed by atoms with van der Waals surface area (Å²) in [6.07, 6.45) is -2.25. The van der Waals surface area contributed by atoms with Gasteiger partial charge in [0, 0.05) is 26.7 Å². The van der Waals surface area contributed by atoms with Crippen LogP contribution in [-0.4, -0.2) is 54.0 Å². The Hall–Kier alpha value is -2.65. The van der Waals surface area contributed by atoms with Gasteiger partial charge in [0.25, 0.3) is 11.8 Å². The molecule has 0 aromatic carbocycles. The third-order valence-corrected chi connectivity index (χ3v) is 2.59. The quantitative estimate of drug-likeness (QED) is 0.467. The van der Waals surface area contributed by atoms with Crippen molar-refractivity contribution < 1.29 is 33.5 Å². The number of carbonyl (C=O) groups excluding carboxylic acids is 5. The topological polar surface area (TPSA) is 131 Å². The highest BCUT2D eigenvalue weighted by molar-refractivity contribution is 6.01. The fourth-order valence-electron chi connectivity index (χ4n) is 1.56. The largest absolute Gasteiger partial charge is 0.534 e. The van der Waals surface area contributed by atoms with Gasteiger partial charge in [-0.3, -0.25) is 24.0 Å². The van der Waals surface area contributed by atoms with Crippen LogP contribution in [0.1, 0.15) is 26.7 Å². The minimum absolute atomic E-state index is 0.0344. The van der Waals surface area contributed by atoms with Crippen molar-refractivity contribution >= 4 is 29.8 Å². The Morgan fingerprint density at radius 3 is 1.91 bits per heavy atom. The summed E-state index contributed by atoms with van der Waals surface area (Å²) in [5.74, 6) is -1.98. The third-order valence-electron chi connectivity index (χ3n) is 2.59. The molecule has 0 aromatic heterocycles. The minimum Gasteiger partial charge on any atom is -0.426 e. The molecule has 1 aliphatic heterocycles. The Morgan fingerprint density at radius 1 is 1.05 bits per heavy atom. The van der Waals surface area contributed by atoms with E-state index in [4.69, 9.17) is 4.74 Å². The number of amides is 4. The number of nitrogens with zero attached hydrogens (tertiary/aromatic N) is 1. The highest BCUT2D eigenvalue weighted by Gasteiger charge is 2.34. The molecule has 1 aliphatic rings. The van der Waals surface area contributed by atoms with Crippen LogP contribution in [0, 0.1) is 0 Å². The lowest BCUT2D eigenvalue weighted by molar-refractivity contribution is -0.178. The van der Waals surface area contributed by atoms with Gasteiger partial charge in [-0.1, -0.05) is 5.06 Å². The van der Waals surface area contributed by atoms with Gasteiger partial charge in [-0.05, 0) is 0 Å². The van der Waals surface area contributed by atoms with Gasteiger partial charge in [0.15, 0.2) is 0 Å². The second kappa shape index (κ2) is 7.96. The normalized spacial score (nSPS) is 14.0. The summed E-state index contributed by atoms with van der Waals surface area (Å²) in [4.78, 5) is 60.4. The van der Waals surface area contributed by atoms with E-state index in [0.717, 1.165) is 0 Å². The van der Waals surface area contributed by atoms with E-state index in [0.29, 0.717) is 5.06 Å². The van der Waals surface area contributed by atoms with Crippen molar-refractivity contribution in [2.45, 2.75) is 32.8 Å². The molecule has 0 aromatic rings. The maximum atomic E-state index is 11.6. The summed E-state index contributed by atoms with van der Waals surface area (Å²) < 4.78 is 4.87. The number of carbonyl (C=O) groups is 5. The summed E-state index contributed by atoms with van der Waals surface area (Å²) in [6, 6.07) is 0. The zero-order valence-corrected chi connectivity index (χ0v) is 12.2. The molecule has 1 rings (SSSR count). The molecule has 0 aliphatic carbocycles. The van der Waals surface area contributed by atoms with Gasteiger partial charge >= 0.3 is 6.16 Å². The Morgan fingerprint density at radius 2 is 1.50 bits per heavy atom. The monoisotopic (exact) mass is 315 g/mol. The fraction of sp³-hybridized carbons (Fsp3) is 0.583. The van der Waals surface area contributed by atoms with E-state index < -0.39 is 24.1 Å². The van der Waals surface area contributed by atoms with Gasteiger partial charge in [-0.25, -0.2) is 4.79 Å². The van der Waals surface area contributed by atoms with Crippen LogP contribution < -0.4 is 10.6 Å². The van der Waals surface area contributed by atoms with Crippen molar-refractivity contribution in [2.75, 3.05) is 13.1 Å². The van der Waals surface area contributed by atoms with Crippen molar-refractivity contribution in [2.24, 2.45) is 0 Å². The lowest BCUT2D eigenvalue weighted by Gasteiger charge is -2.19. The lowest BCUT2D eigenvalue weighted by Crippen LogP contribution is -2.43. The second-order valence-corrected chi connectivity index (χ2v) is 4.54. The highest BCUT2D eigenvalue weighted by atomic mass is 16.8. The Kier molecular flexibility index (Phi) is 6.29. The molecule has 0 radical (unpaired) electrons. The van der Waals surface area contributed by atoms with Gasteiger partial charge in [0.05, 0.1) is 13.1 Å². The Bertz CT molecular complexity index is 457. The molecule has 2 N–H and O–H groups in total. The number of hydrogen-bond acceptors (Lipinski definition) is 7. The van der Waals surface area contributed by atoms with Crippen LogP contribution >= 0.6 is 0 Å². The first-order chi connectivity index (χ1) is 10.3. The standard InChI is InChI=1S/C12H17N3O7/c1-7(16)13-5-9(6-14-8(2)17)21-12(20)22-15-10(18)3-4-11(15)19/h9H,3-6H2,1-2H3,(H,13,16)(H,14,17). The molecule has 10 nitrogen and oxygen atoms in total. The van der Waals surface area contributed by atoms with Crippen LogP contribution in [0.25, 0.3) is 0 Å². The molecule has 22 heavy (non-hydrogen) atoms. The summed E-state index contributed by atoms with van der Waals surface area (Å²) in [5.41, 5.74) is 0. The average Bonchev–Trinajstić information content (AvgIpc) is 2.73. The summed E-state index contributed by atoms with van der Waals surface area (Å²) in [7, 11) is 0. The molecular weight excluding hydrogens is 298 g/mol. The SMILES string of the molecule is CC(=O)NCC(CNC(C)=O)OC(=O)ON1C(=O)CCC1=O. The van der Waals surface area contributed by atoms with E-state index in [-0.39, 0.29) is 37.7 Å². The number of hydroxylamine groups is 2. The molecule has 1 saturated heterocycles. The first kappa shape index (κ1) is 17.4. The van der Waals surface area contributed by atoms with Crippen molar-refractivity contribution in [3.63, 3.8) is 0 Å². The molecule has 0 atom stereocenters. The molecule has 4 amide bonds. The molecule has 0 saturated carbocycles. The first-order valence-electron chi connectivity index (χ1n) is 6.53. The predicted molar refractivity (Wildman–Crippen MR) is 69.8 cm³/mol. The van der Waals surface area contributed by atoms with Crippen molar-refractivity contribution in [1.29, 1.82) is 0 Å². The van der Waals surface area contributed by atoms with Crippen LogP contribution in [-0.2, 0) is 28.8 Å². The van der Waals surface area contributed by atoms with Crippen molar-refractivity contribution in [3.05, 3.63) is 0 Å². The van der Waals surface area contributed by atoms with Gasteiger partial charge in [0.1, 0.15) is 6.10 Å². The zero-order chi connectivity index (χ0) is 16.7. The Labute approximate surface area is 126 Å². The van der Waals surface area contributed by atoms with Gasteiger partial charge in [-0.2, -0.15) is 0 Å². The van der Waals surface area contributed by atoms with Crippen LogP contribution in [0.5, 0.6) is 0 Å². The van der Waals surface area contributed by atoms with Crippen LogP contribution in [0.4, 0.5) is 4.79 Å². The number of imide groups is 1. The number of rotatable bonds is 6. The number of nitrogens with one attached hydrogen (secondary N) is 2. The van der Waals surface area contributed by atoms with Gasteiger partial charge in [-0.15, -0.1) is 0 Å². The van der Waals surface area contributed by atoms with Crippen molar-refractivity contribution in [1.82, 2.24) is 15.7 Å². The maximum absolute atomic E-state index is 11.6. The predicted octanol–water partition coefficient (Wildman–Crippen LogP) is -1.16. The fourth-order valence-corrected chi connectivity index (χ4v) is 1.56. The zero-order valence-electron chi connectivity index (χ0n) is 12.2. The molecule has 10 heteroatoms. The van der Waals surface area contributed by atoms with E-state index in [1.807, 2.05) is 0 Å². The van der Waals surface area contributed by atoms with Gasteiger partial charge < -0.3 is 15.4 Å². The van der Waals surface area contributed by atoms with Crippen LogP contribution in [0.3, 0.4) is 0 Å². The van der Waals surface area contributed by atoms with Crippen LogP contribution in [0.15, 0.2) is 0 Å². The van der Waals surface area contributed by atoms with E-state index in [9.17, 15) is 24.0 Å². The number of ether oxygens (including phenoxy) is 1. The van der Waals surface area contributed by atoms with E-state index in [1.165, 1.54) is 13.8 Å². The molecule has 1 heterocycles. The summed E-state index contributed by atoms with van der Waals surface area (Å²) >= 11 is 0. The maximum Gasteiger partial charge on any atom is 0.534 e. The average molecular weight is 315 g/mol. The molecule has 1 fully saturated rings. The summed E-state index contributed by atoms with van der Waals surface area (Å²) in [5, 5.41) is 5.17. The molecule has 0 bridgehead atoms. The molecular formula is C12H17N3O7. The van der Waals surface area contributed by atoms with Crippen LogP contribution in [0.2, 0.25) is 0 Å². The lowest BCUT2D eigenvalue weighted by atomic mass is 10.3. The van der Waals surface area contributed by atoms with Crippen molar-refractivity contribution in [3.8, 4) is 0 Å². The minimum atomic E-state index is -1.27. The van der Waals surface area contributed by atoms with E-state index in [2.05, 4.69) is 15.5 Å². The highest BCUT2D eigenvalue weighted by Crippen LogP contribution is 2.12. The smallest absolute Gasteiger partial charge is 0.426 e. The third kappa shape index (κ3) is 5.77. The van der Waals surface area contributed by atoms with E-state index >= 15 is 0 Å². The summed E-state index contributed by atoms with van der Waals surface area (Å²) in [6.45, 7) is 2.42. The Balaban J connectivity index is 2.53.